The first-order valence-corrected chi connectivity index (χ1v) is 7.62. The Kier molecular flexibility index (Phi) is 6.05. The third-order valence-corrected chi connectivity index (χ3v) is 3.53. The number of nitrogens with one attached hydrogen (secondary N) is 1. The van der Waals surface area contributed by atoms with E-state index in [9.17, 15) is 18.4 Å². The molecule has 2 rings (SSSR count). The maximum Gasteiger partial charge on any atom is 0.387 e. The van der Waals surface area contributed by atoms with Crippen molar-refractivity contribution in [2.75, 3.05) is 18.9 Å². The second-order valence-electron chi connectivity index (χ2n) is 5.26. The number of carbonyl (C=O) groups excluding carboxylic acids is 2. The minimum atomic E-state index is -2.90. The van der Waals surface area contributed by atoms with E-state index < -0.39 is 12.5 Å². The summed E-state index contributed by atoms with van der Waals surface area (Å²) in [5, 5.41) is 2.64. The van der Waals surface area contributed by atoms with Crippen molar-refractivity contribution < 1.29 is 23.1 Å². The molecule has 0 bridgehead atoms. The molecule has 0 fully saturated rings. The van der Waals surface area contributed by atoms with Crippen molar-refractivity contribution in [3.63, 3.8) is 0 Å². The van der Waals surface area contributed by atoms with E-state index in [1.165, 1.54) is 30.3 Å². The Morgan fingerprint density at radius 2 is 1.76 bits per heavy atom. The van der Waals surface area contributed by atoms with Gasteiger partial charge in [-0.15, -0.1) is 0 Å². The van der Waals surface area contributed by atoms with Crippen molar-refractivity contribution in [1.82, 2.24) is 4.90 Å². The van der Waals surface area contributed by atoms with Crippen LogP contribution in [0.4, 0.5) is 14.5 Å². The Morgan fingerprint density at radius 1 is 1.12 bits per heavy atom. The van der Waals surface area contributed by atoms with Crippen LogP contribution in [-0.4, -0.2) is 36.9 Å². The van der Waals surface area contributed by atoms with Gasteiger partial charge in [0.1, 0.15) is 5.75 Å². The lowest BCUT2D eigenvalue weighted by molar-refractivity contribution is -0.0498. The molecule has 0 aliphatic heterocycles. The van der Waals surface area contributed by atoms with Crippen molar-refractivity contribution in [3.8, 4) is 5.75 Å². The van der Waals surface area contributed by atoms with Crippen LogP contribution >= 0.6 is 0 Å². The van der Waals surface area contributed by atoms with Gasteiger partial charge in [0, 0.05) is 30.4 Å². The van der Waals surface area contributed by atoms with Crippen LogP contribution in [0.5, 0.6) is 5.75 Å². The lowest BCUT2D eigenvalue weighted by Crippen LogP contribution is -2.26. The topological polar surface area (TPSA) is 58.6 Å². The average Bonchev–Trinajstić information content (AvgIpc) is 2.61. The molecule has 0 unspecified atom stereocenters. The van der Waals surface area contributed by atoms with Crippen LogP contribution in [0.15, 0.2) is 48.5 Å². The van der Waals surface area contributed by atoms with Crippen molar-refractivity contribution in [1.29, 1.82) is 0 Å². The Bertz CT molecular complexity index is 748. The SMILES string of the molecule is CCN(C)C(=O)c1cccc(C(=O)Nc2ccc(OC(F)F)cc2)c1. The van der Waals surface area contributed by atoms with Crippen molar-refractivity contribution in [2.24, 2.45) is 0 Å². The molecule has 0 atom stereocenters. The quantitative estimate of drug-likeness (QED) is 0.867. The van der Waals surface area contributed by atoms with Gasteiger partial charge in [-0.3, -0.25) is 9.59 Å². The van der Waals surface area contributed by atoms with E-state index in [1.807, 2.05) is 6.92 Å². The predicted molar refractivity (Wildman–Crippen MR) is 90.1 cm³/mol. The van der Waals surface area contributed by atoms with Gasteiger partial charge in [0.2, 0.25) is 0 Å². The first-order chi connectivity index (χ1) is 11.9. The summed E-state index contributed by atoms with van der Waals surface area (Å²) in [6.45, 7) is -0.486. The number of anilines is 1. The number of hydrogen-bond donors (Lipinski definition) is 1. The summed E-state index contributed by atoms with van der Waals surface area (Å²) >= 11 is 0. The van der Waals surface area contributed by atoms with Gasteiger partial charge in [-0.25, -0.2) is 0 Å². The largest absolute Gasteiger partial charge is 0.435 e. The summed E-state index contributed by atoms with van der Waals surface area (Å²) < 4.78 is 28.5. The second-order valence-corrected chi connectivity index (χ2v) is 5.26. The maximum atomic E-state index is 12.3. The number of halogens is 2. The van der Waals surface area contributed by atoms with Crippen LogP contribution in [0.25, 0.3) is 0 Å². The Balaban J connectivity index is 2.09. The molecule has 25 heavy (non-hydrogen) atoms. The fourth-order valence-corrected chi connectivity index (χ4v) is 2.08. The molecule has 0 aliphatic rings. The molecule has 2 amide bonds. The highest BCUT2D eigenvalue weighted by Gasteiger charge is 2.13. The fourth-order valence-electron chi connectivity index (χ4n) is 2.08. The number of hydrogen-bond acceptors (Lipinski definition) is 3. The van der Waals surface area contributed by atoms with E-state index in [0.717, 1.165) is 0 Å². The minimum absolute atomic E-state index is 0.00296. The monoisotopic (exact) mass is 348 g/mol. The molecule has 132 valence electrons. The van der Waals surface area contributed by atoms with Crippen molar-refractivity contribution >= 4 is 17.5 Å². The van der Waals surface area contributed by atoms with Crippen LogP contribution in [-0.2, 0) is 0 Å². The van der Waals surface area contributed by atoms with Gasteiger partial charge in [0.05, 0.1) is 0 Å². The predicted octanol–water partition coefficient (Wildman–Crippen LogP) is 3.63. The van der Waals surface area contributed by atoms with Gasteiger partial charge in [0.15, 0.2) is 0 Å². The molecule has 2 aromatic rings. The lowest BCUT2D eigenvalue weighted by atomic mass is 10.1. The van der Waals surface area contributed by atoms with Gasteiger partial charge < -0.3 is 15.0 Å². The van der Waals surface area contributed by atoms with E-state index in [-0.39, 0.29) is 11.7 Å². The Labute approximate surface area is 144 Å². The highest BCUT2D eigenvalue weighted by molar-refractivity contribution is 6.06. The van der Waals surface area contributed by atoms with Gasteiger partial charge in [-0.05, 0) is 49.4 Å². The standard InChI is InChI=1S/C18H18F2N2O3/c1-3-22(2)17(24)13-6-4-5-12(11-13)16(23)21-14-7-9-15(10-8-14)25-18(19)20/h4-11,18H,3H2,1-2H3,(H,21,23). The van der Waals surface area contributed by atoms with E-state index in [4.69, 9.17) is 0 Å². The van der Waals surface area contributed by atoms with E-state index in [0.29, 0.717) is 23.4 Å². The van der Waals surface area contributed by atoms with Gasteiger partial charge in [0.25, 0.3) is 11.8 Å². The summed E-state index contributed by atoms with van der Waals surface area (Å²) in [4.78, 5) is 26.0. The summed E-state index contributed by atoms with van der Waals surface area (Å²) in [6.07, 6.45) is 0. The molecule has 0 radical (unpaired) electrons. The van der Waals surface area contributed by atoms with Crippen LogP contribution in [0.1, 0.15) is 27.6 Å². The number of alkyl halides is 2. The maximum absolute atomic E-state index is 12.3. The zero-order valence-corrected chi connectivity index (χ0v) is 13.8. The number of carbonyl (C=O) groups is 2. The van der Waals surface area contributed by atoms with Gasteiger partial charge in [-0.1, -0.05) is 6.07 Å². The minimum Gasteiger partial charge on any atom is -0.435 e. The van der Waals surface area contributed by atoms with Crippen molar-refractivity contribution in [3.05, 3.63) is 59.7 Å². The molecule has 0 saturated carbocycles. The number of benzene rings is 2. The first kappa shape index (κ1) is 18.4. The second kappa shape index (κ2) is 8.23. The van der Waals surface area contributed by atoms with E-state index >= 15 is 0 Å². The normalized spacial score (nSPS) is 10.4. The van der Waals surface area contributed by atoms with Crippen LogP contribution in [0.3, 0.4) is 0 Å². The summed E-state index contributed by atoms with van der Waals surface area (Å²) in [5.41, 5.74) is 1.16. The molecule has 0 spiro atoms. The molecule has 0 aliphatic carbocycles. The zero-order valence-electron chi connectivity index (χ0n) is 13.8. The van der Waals surface area contributed by atoms with Crippen LogP contribution < -0.4 is 10.1 Å². The van der Waals surface area contributed by atoms with E-state index in [2.05, 4.69) is 10.1 Å². The zero-order chi connectivity index (χ0) is 18.4. The summed E-state index contributed by atoms with van der Waals surface area (Å²) in [7, 11) is 1.68. The summed E-state index contributed by atoms with van der Waals surface area (Å²) in [5.74, 6) is -0.579. The summed E-state index contributed by atoms with van der Waals surface area (Å²) in [6, 6.07) is 11.9. The number of amides is 2. The Hall–Kier alpha value is -2.96. The molecule has 7 heteroatoms. The Morgan fingerprint density at radius 3 is 2.36 bits per heavy atom. The number of nitrogens with zero attached hydrogens (tertiary/aromatic N) is 1. The molecule has 2 aromatic carbocycles. The highest BCUT2D eigenvalue weighted by Crippen LogP contribution is 2.18. The number of rotatable bonds is 6. The van der Waals surface area contributed by atoms with E-state index in [1.54, 1.807) is 30.1 Å². The molecular formula is C18H18F2N2O3. The fraction of sp³-hybridized carbons (Fsp3) is 0.222. The van der Waals surface area contributed by atoms with Crippen LogP contribution in [0, 0.1) is 0 Å². The highest BCUT2D eigenvalue weighted by atomic mass is 19.3. The van der Waals surface area contributed by atoms with Gasteiger partial charge in [-0.2, -0.15) is 8.78 Å². The molecule has 5 nitrogen and oxygen atoms in total. The third-order valence-electron chi connectivity index (χ3n) is 3.53. The molecule has 0 saturated heterocycles. The molecule has 0 heterocycles. The first-order valence-electron chi connectivity index (χ1n) is 7.62. The smallest absolute Gasteiger partial charge is 0.387 e. The molecule has 0 aromatic heterocycles. The van der Waals surface area contributed by atoms with Gasteiger partial charge >= 0.3 is 6.61 Å². The average molecular weight is 348 g/mol. The molecular weight excluding hydrogens is 330 g/mol. The lowest BCUT2D eigenvalue weighted by Gasteiger charge is -2.15. The van der Waals surface area contributed by atoms with Crippen molar-refractivity contribution in [2.45, 2.75) is 13.5 Å². The number of ether oxygens (including phenoxy) is 1. The third kappa shape index (κ3) is 5.00. The molecule has 1 N–H and O–H groups in total. The van der Waals surface area contributed by atoms with Crippen LogP contribution in [0.2, 0.25) is 0 Å².